The van der Waals surface area contributed by atoms with Gasteiger partial charge in [0.15, 0.2) is 0 Å². The van der Waals surface area contributed by atoms with Crippen LogP contribution in [0.5, 0.6) is 0 Å². The Kier molecular flexibility index (Phi) is 5.48. The first-order valence-corrected chi connectivity index (χ1v) is 6.67. The number of hydrogen-bond acceptors (Lipinski definition) is 2. The molecule has 0 amide bonds. The second-order valence-electron chi connectivity index (χ2n) is 3.90. The van der Waals surface area contributed by atoms with Crippen molar-refractivity contribution in [3.8, 4) is 0 Å². The van der Waals surface area contributed by atoms with Gasteiger partial charge in [-0.1, -0.05) is 13.3 Å². The maximum atomic E-state index is 10.8. The Morgan fingerprint density at radius 1 is 1.41 bits per heavy atom. The van der Waals surface area contributed by atoms with Crippen LogP contribution in [0, 0.1) is 0 Å². The van der Waals surface area contributed by atoms with E-state index in [9.17, 15) is 4.79 Å². The normalized spacial score (nSPS) is 10.3. The first-order valence-electron chi connectivity index (χ1n) is 5.88. The standard InChI is InChI=1S/C13H18BrNO2/c1-3-5-8-15(4-2)12-7-6-10(13(16)17)9-11(12)14/h6-7,9H,3-5,8H2,1-2H3,(H,16,17). The maximum Gasteiger partial charge on any atom is 0.335 e. The number of anilines is 1. The summed E-state index contributed by atoms with van der Waals surface area (Å²) < 4.78 is 0.843. The number of unbranched alkanes of at least 4 members (excludes halogenated alkanes) is 1. The first-order chi connectivity index (χ1) is 8.10. The third kappa shape index (κ3) is 3.73. The molecule has 1 aromatic carbocycles. The van der Waals surface area contributed by atoms with Crippen molar-refractivity contribution >= 4 is 27.6 Å². The number of hydrogen-bond donors (Lipinski definition) is 1. The van der Waals surface area contributed by atoms with Crippen molar-refractivity contribution in [2.24, 2.45) is 0 Å². The lowest BCUT2D eigenvalue weighted by molar-refractivity contribution is 0.0697. The summed E-state index contributed by atoms with van der Waals surface area (Å²) in [5.41, 5.74) is 1.37. The topological polar surface area (TPSA) is 40.5 Å². The third-order valence-electron chi connectivity index (χ3n) is 2.70. The van der Waals surface area contributed by atoms with Gasteiger partial charge in [-0.25, -0.2) is 4.79 Å². The summed E-state index contributed by atoms with van der Waals surface area (Å²) in [6.07, 6.45) is 2.29. The highest BCUT2D eigenvalue weighted by molar-refractivity contribution is 9.10. The van der Waals surface area contributed by atoms with Crippen LogP contribution in [0.1, 0.15) is 37.0 Å². The van der Waals surface area contributed by atoms with E-state index in [1.165, 1.54) is 0 Å². The molecular formula is C13H18BrNO2. The predicted molar refractivity (Wildman–Crippen MR) is 73.9 cm³/mol. The molecule has 0 fully saturated rings. The van der Waals surface area contributed by atoms with Crippen molar-refractivity contribution < 1.29 is 9.90 Å². The van der Waals surface area contributed by atoms with Gasteiger partial charge in [-0.15, -0.1) is 0 Å². The molecule has 0 bridgehead atoms. The van der Waals surface area contributed by atoms with Gasteiger partial charge in [-0.2, -0.15) is 0 Å². The highest BCUT2D eigenvalue weighted by Crippen LogP contribution is 2.27. The molecular weight excluding hydrogens is 282 g/mol. The number of carbonyl (C=O) groups is 1. The van der Waals surface area contributed by atoms with Crippen LogP contribution in [-0.2, 0) is 0 Å². The molecule has 0 spiro atoms. The average molecular weight is 300 g/mol. The minimum absolute atomic E-state index is 0.312. The minimum atomic E-state index is -0.895. The second kappa shape index (κ2) is 6.64. The SMILES string of the molecule is CCCCN(CC)c1ccc(C(=O)O)cc1Br. The van der Waals surface area contributed by atoms with Crippen LogP contribution in [0.2, 0.25) is 0 Å². The summed E-state index contributed by atoms with van der Waals surface area (Å²) >= 11 is 3.44. The average Bonchev–Trinajstić information content (AvgIpc) is 2.31. The molecule has 0 aliphatic carbocycles. The van der Waals surface area contributed by atoms with E-state index in [1.807, 2.05) is 6.07 Å². The number of rotatable bonds is 6. The maximum absolute atomic E-state index is 10.8. The number of carboxylic acids is 1. The monoisotopic (exact) mass is 299 g/mol. The van der Waals surface area contributed by atoms with E-state index in [2.05, 4.69) is 34.7 Å². The van der Waals surface area contributed by atoms with Gasteiger partial charge in [-0.05, 0) is 47.5 Å². The van der Waals surface area contributed by atoms with E-state index >= 15 is 0 Å². The van der Waals surface area contributed by atoms with E-state index in [-0.39, 0.29) is 0 Å². The molecule has 3 nitrogen and oxygen atoms in total. The number of halogens is 1. The Hall–Kier alpha value is -1.03. The molecule has 0 saturated heterocycles. The highest BCUT2D eigenvalue weighted by Gasteiger charge is 2.11. The Morgan fingerprint density at radius 2 is 2.12 bits per heavy atom. The Bertz CT molecular complexity index is 393. The largest absolute Gasteiger partial charge is 0.478 e. The molecule has 0 radical (unpaired) electrons. The quantitative estimate of drug-likeness (QED) is 0.869. The highest BCUT2D eigenvalue weighted by atomic mass is 79.9. The molecule has 94 valence electrons. The van der Waals surface area contributed by atoms with E-state index in [0.717, 1.165) is 36.1 Å². The van der Waals surface area contributed by atoms with Crippen LogP contribution in [0.3, 0.4) is 0 Å². The lowest BCUT2D eigenvalue weighted by Crippen LogP contribution is -2.24. The third-order valence-corrected chi connectivity index (χ3v) is 3.33. The summed E-state index contributed by atoms with van der Waals surface area (Å²) in [5.74, 6) is -0.895. The van der Waals surface area contributed by atoms with E-state index in [4.69, 9.17) is 5.11 Å². The molecule has 1 rings (SSSR count). The number of benzene rings is 1. The second-order valence-corrected chi connectivity index (χ2v) is 4.76. The molecule has 0 aromatic heterocycles. The van der Waals surface area contributed by atoms with Crippen LogP contribution in [0.4, 0.5) is 5.69 Å². The van der Waals surface area contributed by atoms with Crippen molar-refractivity contribution in [2.45, 2.75) is 26.7 Å². The molecule has 0 atom stereocenters. The summed E-state index contributed by atoms with van der Waals surface area (Å²) in [5, 5.41) is 8.90. The van der Waals surface area contributed by atoms with Crippen LogP contribution in [0.25, 0.3) is 0 Å². The summed E-state index contributed by atoms with van der Waals surface area (Å²) in [6, 6.07) is 5.18. The van der Waals surface area contributed by atoms with Crippen LogP contribution >= 0.6 is 15.9 Å². The Morgan fingerprint density at radius 3 is 2.59 bits per heavy atom. The van der Waals surface area contributed by atoms with Crippen molar-refractivity contribution in [1.82, 2.24) is 0 Å². The number of nitrogens with zero attached hydrogens (tertiary/aromatic N) is 1. The van der Waals surface area contributed by atoms with Crippen LogP contribution in [0.15, 0.2) is 22.7 Å². The van der Waals surface area contributed by atoms with Gasteiger partial charge in [0.2, 0.25) is 0 Å². The Balaban J connectivity index is 2.92. The molecule has 0 saturated carbocycles. The van der Waals surface area contributed by atoms with Crippen molar-refractivity contribution in [1.29, 1.82) is 0 Å². The fourth-order valence-electron chi connectivity index (χ4n) is 1.69. The van der Waals surface area contributed by atoms with Gasteiger partial charge in [-0.3, -0.25) is 0 Å². The Labute approximate surface area is 111 Å². The first kappa shape index (κ1) is 14.0. The molecule has 1 N–H and O–H groups in total. The number of aromatic carboxylic acids is 1. The molecule has 1 aromatic rings. The zero-order valence-corrected chi connectivity index (χ0v) is 11.8. The smallest absolute Gasteiger partial charge is 0.335 e. The lowest BCUT2D eigenvalue weighted by Gasteiger charge is -2.24. The van der Waals surface area contributed by atoms with Gasteiger partial charge < -0.3 is 10.0 Å². The van der Waals surface area contributed by atoms with E-state index < -0.39 is 5.97 Å². The van der Waals surface area contributed by atoms with Gasteiger partial charge >= 0.3 is 5.97 Å². The van der Waals surface area contributed by atoms with Gasteiger partial charge in [0.1, 0.15) is 0 Å². The van der Waals surface area contributed by atoms with E-state index in [1.54, 1.807) is 12.1 Å². The van der Waals surface area contributed by atoms with Crippen molar-refractivity contribution in [3.05, 3.63) is 28.2 Å². The van der Waals surface area contributed by atoms with Crippen molar-refractivity contribution in [2.75, 3.05) is 18.0 Å². The fourth-order valence-corrected chi connectivity index (χ4v) is 2.32. The van der Waals surface area contributed by atoms with Crippen LogP contribution < -0.4 is 4.90 Å². The van der Waals surface area contributed by atoms with Gasteiger partial charge in [0.05, 0.1) is 11.3 Å². The van der Waals surface area contributed by atoms with Gasteiger partial charge in [0, 0.05) is 17.6 Å². The summed E-state index contributed by atoms with van der Waals surface area (Å²) in [4.78, 5) is 13.1. The summed E-state index contributed by atoms with van der Waals surface area (Å²) in [6.45, 7) is 6.19. The molecule has 0 unspecified atom stereocenters. The zero-order valence-electron chi connectivity index (χ0n) is 10.2. The summed E-state index contributed by atoms with van der Waals surface area (Å²) in [7, 11) is 0. The lowest BCUT2D eigenvalue weighted by atomic mass is 10.2. The molecule has 0 heterocycles. The molecule has 17 heavy (non-hydrogen) atoms. The number of carboxylic acid groups (broad SMARTS) is 1. The molecule has 0 aliphatic rings. The zero-order chi connectivity index (χ0) is 12.8. The van der Waals surface area contributed by atoms with Gasteiger partial charge in [0.25, 0.3) is 0 Å². The van der Waals surface area contributed by atoms with Crippen LogP contribution in [-0.4, -0.2) is 24.2 Å². The molecule has 0 aliphatic heterocycles. The minimum Gasteiger partial charge on any atom is -0.478 e. The fraction of sp³-hybridized carbons (Fsp3) is 0.462. The predicted octanol–water partition coefficient (Wildman–Crippen LogP) is 3.77. The van der Waals surface area contributed by atoms with Crippen molar-refractivity contribution in [3.63, 3.8) is 0 Å². The molecule has 4 heteroatoms. The van der Waals surface area contributed by atoms with E-state index in [0.29, 0.717) is 5.56 Å².